The summed E-state index contributed by atoms with van der Waals surface area (Å²) in [5.41, 5.74) is 7.99. The van der Waals surface area contributed by atoms with E-state index >= 15 is 0 Å². The number of carbonyl (C=O) groups is 1. The summed E-state index contributed by atoms with van der Waals surface area (Å²) < 4.78 is 5.00. The van der Waals surface area contributed by atoms with E-state index in [4.69, 9.17) is 10.5 Å². The molecule has 1 aromatic carbocycles. The molecule has 2 rings (SSSR count). The van der Waals surface area contributed by atoms with Crippen LogP contribution in [0.4, 0.5) is 11.4 Å². The van der Waals surface area contributed by atoms with Gasteiger partial charge in [0.15, 0.2) is 0 Å². The largest absolute Gasteiger partial charge is 0.462 e. The van der Waals surface area contributed by atoms with Gasteiger partial charge in [0.05, 0.1) is 23.5 Å². The van der Waals surface area contributed by atoms with Crippen molar-refractivity contribution in [3.05, 3.63) is 23.8 Å². The van der Waals surface area contributed by atoms with Gasteiger partial charge in [-0.2, -0.15) is 0 Å². The Morgan fingerprint density at radius 3 is 2.84 bits per heavy atom. The summed E-state index contributed by atoms with van der Waals surface area (Å²) in [5.74, 6) is 0.410. The number of ether oxygens (including phenoxy) is 1. The number of nitrogen functional groups attached to an aromatic ring is 1. The first-order valence-electron chi connectivity index (χ1n) is 6.95. The molecule has 4 heteroatoms. The number of nitrogens with two attached hydrogens (primary N) is 1. The van der Waals surface area contributed by atoms with E-state index in [2.05, 4.69) is 12.2 Å². The molecule has 0 spiro atoms. The lowest BCUT2D eigenvalue weighted by atomic mass is 9.80. The molecule has 1 atom stereocenters. The first-order valence-corrected chi connectivity index (χ1v) is 6.95. The minimum absolute atomic E-state index is 0.304. The Morgan fingerprint density at radius 1 is 1.53 bits per heavy atom. The fraction of sp³-hybridized carbons (Fsp3) is 0.533. The normalized spacial score (nSPS) is 16.5. The van der Waals surface area contributed by atoms with E-state index in [-0.39, 0.29) is 5.97 Å². The molecule has 1 unspecified atom stereocenters. The van der Waals surface area contributed by atoms with Crippen molar-refractivity contribution in [3.8, 4) is 0 Å². The Balaban J connectivity index is 2.10. The van der Waals surface area contributed by atoms with Crippen LogP contribution in [0.5, 0.6) is 0 Å². The molecule has 1 aliphatic carbocycles. The van der Waals surface area contributed by atoms with Gasteiger partial charge in [-0.05, 0) is 50.8 Å². The summed E-state index contributed by atoms with van der Waals surface area (Å²) in [6.45, 7) is 4.35. The topological polar surface area (TPSA) is 64.3 Å². The molecule has 104 valence electrons. The quantitative estimate of drug-likeness (QED) is 0.632. The molecular formula is C15H22N2O2. The van der Waals surface area contributed by atoms with E-state index in [1.165, 1.54) is 19.3 Å². The molecule has 0 amide bonds. The van der Waals surface area contributed by atoms with Gasteiger partial charge < -0.3 is 15.8 Å². The number of nitrogens with one attached hydrogen (secondary N) is 1. The van der Waals surface area contributed by atoms with Crippen molar-refractivity contribution in [2.45, 2.75) is 39.2 Å². The van der Waals surface area contributed by atoms with Crippen molar-refractivity contribution in [1.82, 2.24) is 0 Å². The van der Waals surface area contributed by atoms with Gasteiger partial charge >= 0.3 is 5.97 Å². The highest BCUT2D eigenvalue weighted by Crippen LogP contribution is 2.32. The second kappa shape index (κ2) is 5.95. The maximum atomic E-state index is 11.7. The van der Waals surface area contributed by atoms with Crippen molar-refractivity contribution >= 4 is 17.3 Å². The molecule has 0 aromatic heterocycles. The highest BCUT2D eigenvalue weighted by atomic mass is 16.5. The van der Waals surface area contributed by atoms with Crippen LogP contribution in [-0.4, -0.2) is 18.6 Å². The highest BCUT2D eigenvalue weighted by Gasteiger charge is 2.24. The number of rotatable bonds is 5. The lowest BCUT2D eigenvalue weighted by molar-refractivity contribution is 0.0526. The van der Waals surface area contributed by atoms with Crippen LogP contribution >= 0.6 is 0 Å². The molecule has 0 aliphatic heterocycles. The summed E-state index contributed by atoms with van der Waals surface area (Å²) in [7, 11) is 0. The lowest BCUT2D eigenvalue weighted by Crippen LogP contribution is -2.31. The molecule has 0 saturated heterocycles. The molecule has 3 N–H and O–H groups in total. The number of carbonyl (C=O) groups excluding carboxylic acids is 1. The Bertz CT molecular complexity index is 455. The number of hydrogen-bond donors (Lipinski definition) is 2. The van der Waals surface area contributed by atoms with Crippen LogP contribution in [0.1, 0.15) is 43.5 Å². The Morgan fingerprint density at radius 2 is 2.26 bits per heavy atom. The van der Waals surface area contributed by atoms with Crippen LogP contribution in [0.3, 0.4) is 0 Å². The van der Waals surface area contributed by atoms with Crippen LogP contribution in [0.15, 0.2) is 18.2 Å². The first kappa shape index (κ1) is 13.7. The van der Waals surface area contributed by atoms with Gasteiger partial charge in [0.2, 0.25) is 0 Å². The average molecular weight is 262 g/mol. The fourth-order valence-corrected chi connectivity index (χ4v) is 2.33. The Labute approximate surface area is 114 Å². The maximum Gasteiger partial charge on any atom is 0.338 e. The molecule has 0 radical (unpaired) electrons. The van der Waals surface area contributed by atoms with Gasteiger partial charge in [0.1, 0.15) is 0 Å². The van der Waals surface area contributed by atoms with Gasteiger partial charge in [0.25, 0.3) is 0 Å². The van der Waals surface area contributed by atoms with Crippen molar-refractivity contribution in [1.29, 1.82) is 0 Å². The summed E-state index contributed by atoms with van der Waals surface area (Å²) in [6.07, 6.45) is 3.85. The van der Waals surface area contributed by atoms with Gasteiger partial charge in [-0.25, -0.2) is 4.79 Å². The van der Waals surface area contributed by atoms with E-state index in [1.54, 1.807) is 25.1 Å². The monoisotopic (exact) mass is 262 g/mol. The number of anilines is 2. The van der Waals surface area contributed by atoms with E-state index in [0.717, 1.165) is 5.69 Å². The summed E-state index contributed by atoms with van der Waals surface area (Å²) in [5, 5.41) is 3.42. The van der Waals surface area contributed by atoms with Crippen LogP contribution in [0.2, 0.25) is 0 Å². The minimum Gasteiger partial charge on any atom is -0.462 e. The van der Waals surface area contributed by atoms with Gasteiger partial charge in [-0.3, -0.25) is 0 Å². The van der Waals surface area contributed by atoms with Crippen LogP contribution < -0.4 is 11.1 Å². The van der Waals surface area contributed by atoms with E-state index < -0.39 is 0 Å². The minimum atomic E-state index is -0.304. The molecule has 0 heterocycles. The average Bonchev–Trinajstić information content (AvgIpc) is 2.30. The SMILES string of the molecule is CCOC(=O)c1ccc(N)c(NC(C)C2CCC2)c1. The van der Waals surface area contributed by atoms with E-state index in [1.807, 2.05) is 0 Å². The highest BCUT2D eigenvalue weighted by molar-refractivity contribution is 5.92. The Kier molecular flexibility index (Phi) is 4.30. The molecule has 1 aliphatic rings. The van der Waals surface area contributed by atoms with Crippen molar-refractivity contribution in [3.63, 3.8) is 0 Å². The van der Waals surface area contributed by atoms with Gasteiger partial charge in [-0.1, -0.05) is 6.42 Å². The van der Waals surface area contributed by atoms with Crippen LogP contribution in [0.25, 0.3) is 0 Å². The second-order valence-corrected chi connectivity index (χ2v) is 5.15. The molecule has 4 nitrogen and oxygen atoms in total. The molecule has 1 aromatic rings. The maximum absolute atomic E-state index is 11.7. The number of benzene rings is 1. The molecule has 1 fully saturated rings. The zero-order chi connectivity index (χ0) is 13.8. The molecule has 0 bridgehead atoms. The molecule has 1 saturated carbocycles. The Hall–Kier alpha value is -1.71. The summed E-state index contributed by atoms with van der Waals surface area (Å²) in [4.78, 5) is 11.7. The van der Waals surface area contributed by atoms with Gasteiger partial charge in [-0.15, -0.1) is 0 Å². The molecular weight excluding hydrogens is 240 g/mol. The number of esters is 1. The second-order valence-electron chi connectivity index (χ2n) is 5.15. The van der Waals surface area contributed by atoms with E-state index in [9.17, 15) is 4.79 Å². The van der Waals surface area contributed by atoms with Crippen molar-refractivity contribution in [2.24, 2.45) is 5.92 Å². The fourth-order valence-electron chi connectivity index (χ4n) is 2.33. The molecule has 19 heavy (non-hydrogen) atoms. The third-order valence-corrected chi connectivity index (χ3v) is 3.80. The van der Waals surface area contributed by atoms with Crippen molar-refractivity contribution in [2.75, 3.05) is 17.7 Å². The smallest absolute Gasteiger partial charge is 0.338 e. The summed E-state index contributed by atoms with van der Waals surface area (Å²) in [6, 6.07) is 5.62. The third-order valence-electron chi connectivity index (χ3n) is 3.80. The zero-order valence-electron chi connectivity index (χ0n) is 11.6. The van der Waals surface area contributed by atoms with Gasteiger partial charge in [0, 0.05) is 6.04 Å². The van der Waals surface area contributed by atoms with Crippen molar-refractivity contribution < 1.29 is 9.53 Å². The first-order chi connectivity index (χ1) is 9.11. The third kappa shape index (κ3) is 3.19. The zero-order valence-corrected chi connectivity index (χ0v) is 11.6. The standard InChI is InChI=1S/C15H22N2O2/c1-3-19-15(18)12-7-8-13(16)14(9-12)17-10(2)11-5-4-6-11/h7-11,17H,3-6,16H2,1-2H3. The number of hydrogen-bond acceptors (Lipinski definition) is 4. The predicted octanol–water partition coefficient (Wildman–Crippen LogP) is 3.05. The van der Waals surface area contributed by atoms with Crippen LogP contribution in [-0.2, 0) is 4.74 Å². The predicted molar refractivity (Wildman–Crippen MR) is 77.2 cm³/mol. The van der Waals surface area contributed by atoms with E-state index in [0.29, 0.717) is 29.8 Å². The van der Waals surface area contributed by atoms with Crippen LogP contribution in [0, 0.1) is 5.92 Å². The summed E-state index contributed by atoms with van der Waals surface area (Å²) >= 11 is 0. The lowest BCUT2D eigenvalue weighted by Gasteiger charge is -2.32.